The zero-order chi connectivity index (χ0) is 23.0. The van der Waals surface area contributed by atoms with Crippen molar-refractivity contribution in [1.29, 1.82) is 0 Å². The molecule has 3 atom stereocenters. The highest BCUT2D eigenvalue weighted by atomic mass is 16.6. The van der Waals surface area contributed by atoms with E-state index in [1.165, 1.54) is 44.9 Å². The lowest BCUT2D eigenvalue weighted by atomic mass is 10.1. The van der Waals surface area contributed by atoms with E-state index in [0.717, 1.165) is 12.8 Å². The van der Waals surface area contributed by atoms with Crippen LogP contribution in [-0.2, 0) is 23.7 Å². The number of hydrogen-bond acceptors (Lipinski definition) is 7. The van der Waals surface area contributed by atoms with E-state index in [-0.39, 0.29) is 31.5 Å². The molecule has 188 valence electrons. The number of aliphatic hydroxyl groups is 2. The van der Waals surface area contributed by atoms with Crippen LogP contribution in [0.5, 0.6) is 0 Å². The SMILES string of the molecule is CCCCCCCCCCC(COCCOCC(C)OCCO)OCC(C)OCCO. The Morgan fingerprint density at radius 3 is 1.68 bits per heavy atom. The van der Waals surface area contributed by atoms with Gasteiger partial charge in [-0.05, 0) is 20.3 Å². The second-order valence-corrected chi connectivity index (χ2v) is 8.18. The molecule has 0 aromatic heterocycles. The molecule has 0 saturated heterocycles. The lowest BCUT2D eigenvalue weighted by molar-refractivity contribution is -0.0785. The molecule has 0 fully saturated rings. The van der Waals surface area contributed by atoms with Crippen molar-refractivity contribution < 1.29 is 33.9 Å². The van der Waals surface area contributed by atoms with Crippen molar-refractivity contribution >= 4 is 0 Å². The molecular weight excluding hydrogens is 400 g/mol. The van der Waals surface area contributed by atoms with Gasteiger partial charge in [0.15, 0.2) is 0 Å². The average Bonchev–Trinajstić information content (AvgIpc) is 2.77. The first-order valence-electron chi connectivity index (χ1n) is 12.4. The summed E-state index contributed by atoms with van der Waals surface area (Å²) in [6.07, 6.45) is 11.3. The van der Waals surface area contributed by atoms with Gasteiger partial charge in [0.1, 0.15) is 0 Å². The Balaban J connectivity index is 3.98. The number of ether oxygens (including phenoxy) is 5. The summed E-state index contributed by atoms with van der Waals surface area (Å²) < 4.78 is 28.2. The van der Waals surface area contributed by atoms with E-state index in [9.17, 15) is 0 Å². The van der Waals surface area contributed by atoms with Crippen LogP contribution in [0.2, 0.25) is 0 Å². The van der Waals surface area contributed by atoms with Crippen LogP contribution in [0.1, 0.15) is 78.6 Å². The molecule has 0 rings (SSSR count). The second kappa shape index (κ2) is 24.4. The van der Waals surface area contributed by atoms with Crippen molar-refractivity contribution in [2.75, 3.05) is 59.5 Å². The molecule has 0 aromatic carbocycles. The molecule has 31 heavy (non-hydrogen) atoms. The third-order valence-electron chi connectivity index (χ3n) is 4.96. The van der Waals surface area contributed by atoms with Crippen LogP contribution in [0.15, 0.2) is 0 Å². The molecule has 3 unspecified atom stereocenters. The zero-order valence-corrected chi connectivity index (χ0v) is 20.4. The monoisotopic (exact) mass is 450 g/mol. The Kier molecular flexibility index (Phi) is 24.1. The van der Waals surface area contributed by atoms with Gasteiger partial charge in [-0.3, -0.25) is 0 Å². The van der Waals surface area contributed by atoms with E-state index in [4.69, 9.17) is 33.9 Å². The molecule has 0 bridgehead atoms. The molecule has 0 aliphatic rings. The maximum atomic E-state index is 8.87. The standard InChI is InChI=1S/C24H50O7/c1-4-5-6-7-8-9-10-11-12-24(31-20-23(3)30-16-14-26)21-28-18-17-27-19-22(2)29-15-13-25/h22-26H,4-21H2,1-3H3. The summed E-state index contributed by atoms with van der Waals surface area (Å²) in [5.74, 6) is 0. The molecule has 7 heteroatoms. The number of rotatable bonds is 25. The third kappa shape index (κ3) is 22.7. The lowest BCUT2D eigenvalue weighted by Crippen LogP contribution is -2.27. The van der Waals surface area contributed by atoms with Crippen molar-refractivity contribution in [3.05, 3.63) is 0 Å². The highest BCUT2D eigenvalue weighted by Crippen LogP contribution is 2.13. The molecule has 0 saturated carbocycles. The van der Waals surface area contributed by atoms with Gasteiger partial charge in [-0.25, -0.2) is 0 Å². The summed E-state index contributed by atoms with van der Waals surface area (Å²) in [6.45, 7) is 9.40. The quantitative estimate of drug-likeness (QED) is 0.205. The minimum Gasteiger partial charge on any atom is -0.394 e. The number of hydrogen-bond donors (Lipinski definition) is 2. The molecule has 0 amide bonds. The maximum absolute atomic E-state index is 8.87. The Morgan fingerprint density at radius 1 is 0.581 bits per heavy atom. The Hall–Kier alpha value is -0.280. The van der Waals surface area contributed by atoms with Crippen LogP contribution in [-0.4, -0.2) is 88.0 Å². The summed E-state index contributed by atoms with van der Waals surface area (Å²) in [4.78, 5) is 0. The van der Waals surface area contributed by atoms with E-state index in [1.54, 1.807) is 0 Å². The van der Waals surface area contributed by atoms with E-state index in [1.807, 2.05) is 13.8 Å². The Morgan fingerprint density at radius 2 is 1.10 bits per heavy atom. The first-order valence-corrected chi connectivity index (χ1v) is 12.4. The fourth-order valence-electron chi connectivity index (χ4n) is 3.18. The first-order chi connectivity index (χ1) is 15.1. The van der Waals surface area contributed by atoms with Crippen molar-refractivity contribution in [2.24, 2.45) is 0 Å². The minimum atomic E-state index is -0.0445. The van der Waals surface area contributed by atoms with E-state index < -0.39 is 0 Å². The summed E-state index contributed by atoms with van der Waals surface area (Å²) in [6, 6.07) is 0. The minimum absolute atomic E-state index is 0.0252. The lowest BCUT2D eigenvalue weighted by Gasteiger charge is -2.21. The summed E-state index contributed by atoms with van der Waals surface area (Å²) >= 11 is 0. The van der Waals surface area contributed by atoms with Crippen molar-refractivity contribution in [2.45, 2.75) is 96.9 Å². The van der Waals surface area contributed by atoms with Crippen molar-refractivity contribution in [3.63, 3.8) is 0 Å². The van der Waals surface area contributed by atoms with E-state index in [2.05, 4.69) is 6.92 Å². The van der Waals surface area contributed by atoms with E-state index in [0.29, 0.717) is 46.2 Å². The predicted octanol–water partition coefficient (Wildman–Crippen LogP) is 3.73. The fraction of sp³-hybridized carbons (Fsp3) is 1.00. The third-order valence-corrected chi connectivity index (χ3v) is 4.96. The summed E-state index contributed by atoms with van der Waals surface area (Å²) in [7, 11) is 0. The van der Waals surface area contributed by atoms with Gasteiger partial charge >= 0.3 is 0 Å². The Labute approximate surface area is 190 Å². The largest absolute Gasteiger partial charge is 0.394 e. The molecule has 0 heterocycles. The summed E-state index contributed by atoms with van der Waals surface area (Å²) in [5, 5.41) is 17.6. The van der Waals surface area contributed by atoms with Gasteiger partial charge in [-0.1, -0.05) is 58.3 Å². The first kappa shape index (κ1) is 30.7. The van der Waals surface area contributed by atoms with Gasteiger partial charge in [-0.2, -0.15) is 0 Å². The molecule has 0 aromatic rings. The molecule has 7 nitrogen and oxygen atoms in total. The zero-order valence-electron chi connectivity index (χ0n) is 20.4. The predicted molar refractivity (Wildman–Crippen MR) is 124 cm³/mol. The van der Waals surface area contributed by atoms with Crippen LogP contribution in [0.3, 0.4) is 0 Å². The second-order valence-electron chi connectivity index (χ2n) is 8.18. The maximum Gasteiger partial charge on any atom is 0.0809 e. The van der Waals surface area contributed by atoms with Gasteiger partial charge in [0.25, 0.3) is 0 Å². The normalized spacial score (nSPS) is 14.6. The fourth-order valence-corrected chi connectivity index (χ4v) is 3.18. The van der Waals surface area contributed by atoms with Gasteiger partial charge in [0.2, 0.25) is 0 Å². The highest BCUT2D eigenvalue weighted by molar-refractivity contribution is 4.60. The van der Waals surface area contributed by atoms with Crippen molar-refractivity contribution in [1.82, 2.24) is 0 Å². The topological polar surface area (TPSA) is 86.6 Å². The van der Waals surface area contributed by atoms with Gasteiger partial charge in [0.05, 0.1) is 77.8 Å². The van der Waals surface area contributed by atoms with Crippen LogP contribution in [0, 0.1) is 0 Å². The smallest absolute Gasteiger partial charge is 0.0809 e. The van der Waals surface area contributed by atoms with Gasteiger partial charge in [-0.15, -0.1) is 0 Å². The Bertz CT molecular complexity index is 344. The molecule has 0 aliphatic heterocycles. The van der Waals surface area contributed by atoms with Crippen molar-refractivity contribution in [3.8, 4) is 0 Å². The van der Waals surface area contributed by atoms with Crippen LogP contribution in [0.4, 0.5) is 0 Å². The van der Waals surface area contributed by atoms with Crippen LogP contribution < -0.4 is 0 Å². The number of aliphatic hydroxyl groups excluding tert-OH is 2. The van der Waals surface area contributed by atoms with E-state index >= 15 is 0 Å². The van der Waals surface area contributed by atoms with Gasteiger partial charge in [0, 0.05) is 0 Å². The molecule has 2 N–H and O–H groups in total. The number of unbranched alkanes of at least 4 members (excludes halogenated alkanes) is 7. The molecule has 0 radical (unpaired) electrons. The van der Waals surface area contributed by atoms with Crippen LogP contribution in [0.25, 0.3) is 0 Å². The molecular formula is C24H50O7. The highest BCUT2D eigenvalue weighted by Gasteiger charge is 2.12. The average molecular weight is 451 g/mol. The summed E-state index contributed by atoms with van der Waals surface area (Å²) in [5.41, 5.74) is 0. The van der Waals surface area contributed by atoms with Crippen LogP contribution >= 0.6 is 0 Å². The molecule has 0 spiro atoms. The van der Waals surface area contributed by atoms with Gasteiger partial charge < -0.3 is 33.9 Å². The molecule has 0 aliphatic carbocycles.